The van der Waals surface area contributed by atoms with Gasteiger partial charge in [-0.25, -0.2) is 4.90 Å². The summed E-state index contributed by atoms with van der Waals surface area (Å²) >= 11 is 1.88. The van der Waals surface area contributed by atoms with Gasteiger partial charge in [-0.3, -0.25) is 4.58 Å². The standard InChI is InChI=1S/C13H19N2S/c1-8-9(2)15-12(14(8)5)11-10(6-7-16-11)13(15,3)4/h6-9H,1-5H3/q+1. The van der Waals surface area contributed by atoms with Crippen LogP contribution in [0.1, 0.15) is 38.1 Å². The Morgan fingerprint density at radius 1 is 1.38 bits per heavy atom. The van der Waals surface area contributed by atoms with Crippen molar-refractivity contribution >= 4 is 17.2 Å². The topological polar surface area (TPSA) is 6.25 Å². The first kappa shape index (κ1) is 10.3. The van der Waals surface area contributed by atoms with Crippen LogP contribution >= 0.6 is 11.3 Å². The molecule has 16 heavy (non-hydrogen) atoms. The molecule has 86 valence electrons. The van der Waals surface area contributed by atoms with Crippen LogP contribution in [0.15, 0.2) is 11.4 Å². The SMILES string of the molecule is CC1C(C)[N+](C)=C2c3sccc3C(C)(C)N21. The number of likely N-dealkylation sites (N-methyl/N-ethyl adjacent to an activating group) is 1. The molecule has 0 saturated heterocycles. The van der Waals surface area contributed by atoms with Crippen molar-refractivity contribution in [2.75, 3.05) is 7.05 Å². The molecule has 2 aliphatic heterocycles. The monoisotopic (exact) mass is 235 g/mol. The van der Waals surface area contributed by atoms with E-state index in [9.17, 15) is 0 Å². The fourth-order valence-corrected chi connectivity index (χ4v) is 4.37. The van der Waals surface area contributed by atoms with E-state index in [0.29, 0.717) is 12.1 Å². The average Bonchev–Trinajstić information content (AvgIpc) is 2.82. The highest BCUT2D eigenvalue weighted by molar-refractivity contribution is 7.12. The lowest BCUT2D eigenvalue weighted by Gasteiger charge is -2.29. The van der Waals surface area contributed by atoms with Gasteiger partial charge in [-0.05, 0) is 39.1 Å². The maximum absolute atomic E-state index is 2.60. The minimum absolute atomic E-state index is 0.156. The Morgan fingerprint density at radius 2 is 2.06 bits per heavy atom. The van der Waals surface area contributed by atoms with Crippen LogP contribution in [0.25, 0.3) is 0 Å². The smallest absolute Gasteiger partial charge is 0.257 e. The van der Waals surface area contributed by atoms with Crippen molar-refractivity contribution in [2.24, 2.45) is 0 Å². The van der Waals surface area contributed by atoms with E-state index in [1.807, 2.05) is 11.3 Å². The van der Waals surface area contributed by atoms with Crippen LogP contribution in [0.4, 0.5) is 0 Å². The molecule has 2 unspecified atom stereocenters. The van der Waals surface area contributed by atoms with Crippen molar-refractivity contribution in [3.63, 3.8) is 0 Å². The first-order valence-corrected chi connectivity index (χ1v) is 6.81. The van der Waals surface area contributed by atoms with E-state index in [4.69, 9.17) is 0 Å². The lowest BCUT2D eigenvalue weighted by atomic mass is 9.95. The van der Waals surface area contributed by atoms with Gasteiger partial charge in [-0.1, -0.05) is 0 Å². The van der Waals surface area contributed by atoms with E-state index in [-0.39, 0.29) is 5.54 Å². The molecule has 0 N–H and O–H groups in total. The lowest BCUT2D eigenvalue weighted by molar-refractivity contribution is -0.526. The van der Waals surface area contributed by atoms with Gasteiger partial charge in [-0.15, -0.1) is 11.3 Å². The molecule has 0 amide bonds. The van der Waals surface area contributed by atoms with Crippen molar-refractivity contribution in [3.8, 4) is 0 Å². The zero-order valence-corrected chi connectivity index (χ0v) is 11.4. The number of hydrogen-bond acceptors (Lipinski definition) is 2. The van der Waals surface area contributed by atoms with Gasteiger partial charge in [0.1, 0.15) is 22.5 Å². The Labute approximate surface area is 101 Å². The summed E-state index contributed by atoms with van der Waals surface area (Å²) < 4.78 is 2.44. The Morgan fingerprint density at radius 3 is 2.75 bits per heavy atom. The van der Waals surface area contributed by atoms with Gasteiger partial charge in [-0.2, -0.15) is 0 Å². The highest BCUT2D eigenvalue weighted by Gasteiger charge is 2.57. The summed E-state index contributed by atoms with van der Waals surface area (Å²) in [6, 6.07) is 3.48. The summed E-state index contributed by atoms with van der Waals surface area (Å²) in [5.74, 6) is 1.44. The zero-order chi connectivity index (χ0) is 11.7. The maximum Gasteiger partial charge on any atom is 0.291 e. The quantitative estimate of drug-likeness (QED) is 0.626. The van der Waals surface area contributed by atoms with Gasteiger partial charge in [0.15, 0.2) is 0 Å². The molecule has 2 atom stereocenters. The summed E-state index contributed by atoms with van der Waals surface area (Å²) in [6.07, 6.45) is 0. The molecule has 1 aromatic rings. The van der Waals surface area contributed by atoms with Crippen molar-refractivity contribution in [2.45, 2.75) is 45.3 Å². The molecule has 0 fully saturated rings. The van der Waals surface area contributed by atoms with Gasteiger partial charge in [0.25, 0.3) is 5.84 Å². The molecular weight excluding hydrogens is 216 g/mol. The Kier molecular flexibility index (Phi) is 1.87. The summed E-state index contributed by atoms with van der Waals surface area (Å²) in [5.41, 5.74) is 1.65. The molecule has 0 aromatic carbocycles. The second-order valence-electron chi connectivity index (χ2n) is 5.51. The van der Waals surface area contributed by atoms with Crippen LogP contribution in [0.2, 0.25) is 0 Å². The largest absolute Gasteiger partial charge is 0.291 e. The van der Waals surface area contributed by atoms with E-state index in [1.54, 1.807) is 0 Å². The number of fused-ring (bicyclic) bond motifs is 3. The molecule has 3 rings (SSSR count). The van der Waals surface area contributed by atoms with Crippen molar-refractivity contribution in [1.29, 1.82) is 0 Å². The van der Waals surface area contributed by atoms with E-state index < -0.39 is 0 Å². The van der Waals surface area contributed by atoms with Gasteiger partial charge in [0.05, 0.1) is 7.05 Å². The molecule has 0 aliphatic carbocycles. The molecule has 1 aromatic heterocycles. The Balaban J connectivity index is 2.28. The number of rotatable bonds is 0. The molecule has 0 spiro atoms. The van der Waals surface area contributed by atoms with E-state index in [1.165, 1.54) is 16.3 Å². The van der Waals surface area contributed by atoms with Crippen molar-refractivity contribution in [3.05, 3.63) is 21.9 Å². The summed E-state index contributed by atoms with van der Waals surface area (Å²) in [5, 5.41) is 2.22. The summed E-state index contributed by atoms with van der Waals surface area (Å²) in [6.45, 7) is 9.34. The van der Waals surface area contributed by atoms with E-state index in [0.717, 1.165) is 0 Å². The number of thiophene rings is 1. The second-order valence-corrected chi connectivity index (χ2v) is 6.42. The summed E-state index contributed by atoms with van der Waals surface area (Å²) in [7, 11) is 2.22. The van der Waals surface area contributed by atoms with Crippen LogP contribution in [-0.4, -0.2) is 34.4 Å². The number of hydrogen-bond donors (Lipinski definition) is 0. The first-order chi connectivity index (χ1) is 7.46. The predicted molar refractivity (Wildman–Crippen MR) is 68.4 cm³/mol. The van der Waals surface area contributed by atoms with Gasteiger partial charge in [0, 0.05) is 5.56 Å². The van der Waals surface area contributed by atoms with Crippen LogP contribution in [0.3, 0.4) is 0 Å². The van der Waals surface area contributed by atoms with Gasteiger partial charge < -0.3 is 0 Å². The van der Waals surface area contributed by atoms with Crippen LogP contribution in [0.5, 0.6) is 0 Å². The molecule has 0 radical (unpaired) electrons. The van der Waals surface area contributed by atoms with Crippen LogP contribution in [0, 0.1) is 0 Å². The molecule has 2 nitrogen and oxygen atoms in total. The van der Waals surface area contributed by atoms with Gasteiger partial charge >= 0.3 is 0 Å². The fourth-order valence-electron chi connectivity index (χ4n) is 3.23. The minimum atomic E-state index is 0.156. The Bertz CT molecular complexity index is 484. The van der Waals surface area contributed by atoms with E-state index >= 15 is 0 Å². The normalized spacial score (nSPS) is 30.9. The molecular formula is C13H19N2S+. The highest BCUT2D eigenvalue weighted by Crippen LogP contribution is 2.45. The van der Waals surface area contributed by atoms with Crippen LogP contribution in [-0.2, 0) is 5.54 Å². The van der Waals surface area contributed by atoms with Crippen molar-refractivity contribution in [1.82, 2.24) is 4.90 Å². The number of nitrogens with zero attached hydrogens (tertiary/aromatic N) is 2. The molecule has 3 heterocycles. The Hall–Kier alpha value is -0.830. The summed E-state index contributed by atoms with van der Waals surface area (Å²) in [4.78, 5) is 4.07. The highest BCUT2D eigenvalue weighted by atomic mass is 32.1. The van der Waals surface area contributed by atoms with Gasteiger partial charge in [0.2, 0.25) is 0 Å². The van der Waals surface area contributed by atoms with Crippen molar-refractivity contribution < 1.29 is 4.58 Å². The van der Waals surface area contributed by atoms with E-state index in [2.05, 4.69) is 55.7 Å². The molecule has 2 aliphatic rings. The molecule has 0 bridgehead atoms. The predicted octanol–water partition coefficient (Wildman–Crippen LogP) is 2.48. The number of amidine groups is 1. The zero-order valence-electron chi connectivity index (χ0n) is 10.6. The lowest BCUT2D eigenvalue weighted by Crippen LogP contribution is -2.44. The molecule has 3 heteroatoms. The third kappa shape index (κ3) is 0.956. The maximum atomic E-state index is 2.60. The minimum Gasteiger partial charge on any atom is -0.257 e. The average molecular weight is 235 g/mol. The third-order valence-electron chi connectivity index (χ3n) is 4.41. The third-order valence-corrected chi connectivity index (χ3v) is 5.32. The fraction of sp³-hybridized carbons (Fsp3) is 0.615. The second kappa shape index (κ2) is 2.89. The molecule has 0 saturated carbocycles. The first-order valence-electron chi connectivity index (χ1n) is 5.93. The van der Waals surface area contributed by atoms with Crippen LogP contribution < -0.4 is 0 Å².